The van der Waals surface area contributed by atoms with Crippen LogP contribution >= 0.6 is 0 Å². The third kappa shape index (κ3) is 16.0. The van der Waals surface area contributed by atoms with E-state index >= 15 is 0 Å². The second kappa shape index (κ2) is 20.1. The molecule has 4 atom stereocenters. The van der Waals surface area contributed by atoms with Gasteiger partial charge in [-0.05, 0) is 70.4 Å². The van der Waals surface area contributed by atoms with Crippen LogP contribution in [0.25, 0.3) is 0 Å². The zero-order valence-corrected chi connectivity index (χ0v) is 22.8. The van der Waals surface area contributed by atoms with E-state index in [0.29, 0.717) is 45.2 Å². The number of carboxylic acids is 1. The van der Waals surface area contributed by atoms with Gasteiger partial charge in [0.15, 0.2) is 5.96 Å². The molecule has 14 N–H and O–H groups in total. The molecule has 0 aliphatic carbocycles. The molecule has 0 rings (SSSR count). The molecule has 0 aliphatic heterocycles. The molecule has 0 aromatic carbocycles. The number of amides is 3. The Kier molecular flexibility index (Phi) is 18.5. The molecule has 0 saturated heterocycles. The Labute approximate surface area is 225 Å². The molecule has 0 fully saturated rings. The van der Waals surface area contributed by atoms with E-state index in [9.17, 15) is 24.3 Å². The van der Waals surface area contributed by atoms with Crippen LogP contribution in [0.2, 0.25) is 0 Å². The highest BCUT2D eigenvalue weighted by Crippen LogP contribution is 2.09. The van der Waals surface area contributed by atoms with Crippen LogP contribution in [0.15, 0.2) is 4.99 Å². The van der Waals surface area contributed by atoms with Crippen LogP contribution in [0.4, 0.5) is 0 Å². The Hall–Kier alpha value is -2.97. The largest absolute Gasteiger partial charge is 0.480 e. The summed E-state index contributed by atoms with van der Waals surface area (Å²) in [6.45, 7) is 4.81. The van der Waals surface area contributed by atoms with Crippen molar-refractivity contribution in [2.45, 2.75) is 95.8 Å². The van der Waals surface area contributed by atoms with Crippen molar-refractivity contribution in [3.63, 3.8) is 0 Å². The Morgan fingerprint density at radius 2 is 1.21 bits per heavy atom. The van der Waals surface area contributed by atoms with Gasteiger partial charge < -0.3 is 49.7 Å². The molecular weight excluding hydrogens is 494 g/mol. The first-order valence-electron chi connectivity index (χ1n) is 13.3. The van der Waals surface area contributed by atoms with Gasteiger partial charge in [-0.3, -0.25) is 19.4 Å². The lowest BCUT2D eigenvalue weighted by Crippen LogP contribution is -2.57. The van der Waals surface area contributed by atoms with Crippen molar-refractivity contribution >= 4 is 29.7 Å². The molecule has 14 nitrogen and oxygen atoms in total. The van der Waals surface area contributed by atoms with Gasteiger partial charge in [-0.15, -0.1) is 0 Å². The number of carbonyl (C=O) groups is 4. The van der Waals surface area contributed by atoms with Crippen molar-refractivity contribution in [3.05, 3.63) is 0 Å². The Morgan fingerprint density at radius 3 is 1.68 bits per heavy atom. The van der Waals surface area contributed by atoms with Gasteiger partial charge in [0, 0.05) is 6.54 Å². The van der Waals surface area contributed by atoms with Gasteiger partial charge in [0.2, 0.25) is 17.7 Å². The predicted molar refractivity (Wildman–Crippen MR) is 147 cm³/mol. The minimum absolute atomic E-state index is 0.0283. The minimum atomic E-state index is -1.16. The van der Waals surface area contributed by atoms with Gasteiger partial charge in [0.25, 0.3) is 0 Å². The highest BCUT2D eigenvalue weighted by molar-refractivity contribution is 5.94. The van der Waals surface area contributed by atoms with Gasteiger partial charge in [-0.2, -0.15) is 0 Å². The molecule has 0 saturated carbocycles. The maximum Gasteiger partial charge on any atom is 0.326 e. The fourth-order valence-corrected chi connectivity index (χ4v) is 3.69. The Bertz CT molecular complexity index is 760. The van der Waals surface area contributed by atoms with Gasteiger partial charge >= 0.3 is 5.97 Å². The van der Waals surface area contributed by atoms with E-state index in [1.807, 2.05) is 13.8 Å². The fourth-order valence-electron chi connectivity index (χ4n) is 3.69. The van der Waals surface area contributed by atoms with Crippen LogP contribution in [-0.4, -0.2) is 78.6 Å². The molecule has 4 unspecified atom stereocenters. The lowest BCUT2D eigenvalue weighted by Gasteiger charge is -2.25. The first-order valence-corrected chi connectivity index (χ1v) is 13.3. The number of carbonyl (C=O) groups excluding carboxylic acids is 3. The average Bonchev–Trinajstić information content (AvgIpc) is 2.84. The van der Waals surface area contributed by atoms with Crippen molar-refractivity contribution in [1.29, 1.82) is 0 Å². The highest BCUT2D eigenvalue weighted by atomic mass is 16.4. The van der Waals surface area contributed by atoms with Crippen LogP contribution in [0.1, 0.15) is 71.6 Å². The van der Waals surface area contributed by atoms with Crippen LogP contribution in [0.5, 0.6) is 0 Å². The molecule has 0 bridgehead atoms. The zero-order chi connectivity index (χ0) is 29.1. The summed E-state index contributed by atoms with van der Waals surface area (Å²) >= 11 is 0. The Balaban J connectivity index is 5.59. The number of nitrogens with two attached hydrogens (primary N) is 5. The van der Waals surface area contributed by atoms with Gasteiger partial charge in [0.05, 0.1) is 6.04 Å². The van der Waals surface area contributed by atoms with E-state index in [1.165, 1.54) is 0 Å². The van der Waals surface area contributed by atoms with E-state index in [1.54, 1.807) is 0 Å². The molecule has 0 aromatic rings. The molecule has 0 heterocycles. The third-order valence-corrected chi connectivity index (χ3v) is 5.79. The molecule has 0 spiro atoms. The van der Waals surface area contributed by atoms with Gasteiger partial charge in [0.1, 0.15) is 18.1 Å². The normalized spacial score (nSPS) is 14.2. The second-order valence-corrected chi connectivity index (χ2v) is 9.78. The topological polar surface area (TPSA) is 267 Å². The van der Waals surface area contributed by atoms with Gasteiger partial charge in [-0.1, -0.05) is 20.3 Å². The number of aliphatic imine (C=N–C) groups is 1. The first-order chi connectivity index (χ1) is 17.9. The predicted octanol–water partition coefficient (Wildman–Crippen LogP) is -1.79. The standard InChI is InChI=1S/C24H49N9O5/c1-15(2)14-19(23(37)38)33-22(36)17(9-4-6-12-26)32-21(35)18(10-7-13-30-24(28)29)31-20(34)16(27)8-3-5-11-25/h15-19H,3-14,25-27H2,1-2H3,(H,31,34)(H,32,35)(H,33,36)(H,37,38)(H4,28,29,30). The SMILES string of the molecule is CC(C)CC(NC(=O)C(CCCCN)NC(=O)C(CCCN=C(N)N)NC(=O)C(N)CCCCN)C(=O)O. The summed E-state index contributed by atoms with van der Waals surface area (Å²) in [4.78, 5) is 54.5. The van der Waals surface area contributed by atoms with Crippen molar-refractivity contribution in [3.8, 4) is 0 Å². The lowest BCUT2D eigenvalue weighted by atomic mass is 10.0. The first kappa shape index (κ1) is 35.0. The van der Waals surface area contributed by atoms with Gasteiger partial charge in [-0.25, -0.2) is 4.79 Å². The van der Waals surface area contributed by atoms with Crippen LogP contribution < -0.4 is 44.6 Å². The number of nitrogens with zero attached hydrogens (tertiary/aromatic N) is 1. The molecule has 38 heavy (non-hydrogen) atoms. The summed E-state index contributed by atoms with van der Waals surface area (Å²) in [7, 11) is 0. The number of hydrogen-bond acceptors (Lipinski definition) is 8. The molecule has 3 amide bonds. The number of guanidine groups is 1. The molecule has 0 aliphatic rings. The number of aliphatic carboxylic acids is 1. The molecule has 0 radical (unpaired) electrons. The van der Waals surface area contributed by atoms with E-state index < -0.39 is 47.9 Å². The average molecular weight is 544 g/mol. The number of rotatable bonds is 21. The van der Waals surface area contributed by atoms with E-state index in [-0.39, 0.29) is 37.7 Å². The summed E-state index contributed by atoms with van der Waals surface area (Å²) in [5.41, 5.74) is 27.8. The van der Waals surface area contributed by atoms with E-state index in [4.69, 9.17) is 28.7 Å². The van der Waals surface area contributed by atoms with E-state index in [0.717, 1.165) is 6.42 Å². The summed E-state index contributed by atoms with van der Waals surface area (Å²) in [5, 5.41) is 17.4. The maximum atomic E-state index is 13.2. The maximum absolute atomic E-state index is 13.2. The number of nitrogens with one attached hydrogen (secondary N) is 3. The number of unbranched alkanes of at least 4 members (excludes halogenated alkanes) is 2. The summed E-state index contributed by atoms with van der Waals surface area (Å²) in [5.74, 6) is -2.94. The minimum Gasteiger partial charge on any atom is -0.480 e. The highest BCUT2D eigenvalue weighted by Gasteiger charge is 2.30. The van der Waals surface area contributed by atoms with Crippen LogP contribution in [0.3, 0.4) is 0 Å². The number of carboxylic acid groups (broad SMARTS) is 1. The summed E-state index contributed by atoms with van der Waals surface area (Å²) in [6.07, 6.45) is 3.97. The molecule has 14 heteroatoms. The van der Waals surface area contributed by atoms with Crippen molar-refractivity contribution in [2.24, 2.45) is 39.6 Å². The van der Waals surface area contributed by atoms with Crippen LogP contribution in [-0.2, 0) is 19.2 Å². The van der Waals surface area contributed by atoms with E-state index in [2.05, 4.69) is 20.9 Å². The second-order valence-electron chi connectivity index (χ2n) is 9.78. The fraction of sp³-hybridized carbons (Fsp3) is 0.792. The monoisotopic (exact) mass is 543 g/mol. The van der Waals surface area contributed by atoms with Crippen molar-refractivity contribution < 1.29 is 24.3 Å². The smallest absolute Gasteiger partial charge is 0.326 e. The third-order valence-electron chi connectivity index (χ3n) is 5.79. The zero-order valence-electron chi connectivity index (χ0n) is 22.8. The molecule has 220 valence electrons. The van der Waals surface area contributed by atoms with Crippen molar-refractivity contribution in [1.82, 2.24) is 16.0 Å². The summed E-state index contributed by atoms with van der Waals surface area (Å²) < 4.78 is 0. The molecule has 0 aromatic heterocycles. The van der Waals surface area contributed by atoms with Crippen molar-refractivity contribution in [2.75, 3.05) is 19.6 Å². The molecular formula is C24H49N9O5. The van der Waals surface area contributed by atoms with Crippen LogP contribution in [0, 0.1) is 5.92 Å². The summed E-state index contributed by atoms with van der Waals surface area (Å²) in [6, 6.07) is -3.95. The quantitative estimate of drug-likeness (QED) is 0.0445. The lowest BCUT2D eigenvalue weighted by molar-refractivity contribution is -0.142. The Morgan fingerprint density at radius 1 is 0.737 bits per heavy atom. The number of hydrogen-bond donors (Lipinski definition) is 9.